The molecule has 2 aromatic heterocycles. The molecule has 0 aliphatic carbocycles. The Morgan fingerprint density at radius 1 is 1.31 bits per heavy atom. The molecule has 26 heavy (non-hydrogen) atoms. The molecule has 0 aliphatic heterocycles. The molecule has 6 nitrogen and oxygen atoms in total. The van der Waals surface area contributed by atoms with E-state index in [2.05, 4.69) is 20.8 Å². The number of fused-ring (bicyclic) bond motifs is 1. The van der Waals surface area contributed by atoms with Crippen LogP contribution in [0.1, 0.15) is 23.9 Å². The highest BCUT2D eigenvalue weighted by Gasteiger charge is 2.20. The number of pyridine rings is 1. The molecule has 0 bridgehead atoms. The van der Waals surface area contributed by atoms with E-state index in [9.17, 15) is 4.79 Å². The van der Waals surface area contributed by atoms with Gasteiger partial charge < -0.3 is 10.6 Å². The Morgan fingerprint density at radius 2 is 2.15 bits per heavy atom. The number of benzene rings is 1. The Labute approximate surface area is 161 Å². The summed E-state index contributed by atoms with van der Waals surface area (Å²) >= 11 is 7.84. The van der Waals surface area contributed by atoms with Gasteiger partial charge in [-0.2, -0.15) is 11.8 Å². The number of thioether (sulfide) groups is 1. The van der Waals surface area contributed by atoms with Gasteiger partial charge in [-0.1, -0.05) is 23.7 Å². The van der Waals surface area contributed by atoms with Crippen LogP contribution in [0.3, 0.4) is 0 Å². The van der Waals surface area contributed by atoms with Crippen LogP contribution in [0.25, 0.3) is 5.65 Å². The summed E-state index contributed by atoms with van der Waals surface area (Å²) in [5.74, 6) is 1.61. The highest BCUT2D eigenvalue weighted by molar-refractivity contribution is 7.98. The average molecular weight is 390 g/mol. The minimum absolute atomic E-state index is 0.249. The van der Waals surface area contributed by atoms with E-state index in [4.69, 9.17) is 11.6 Å². The molecule has 2 N–H and O–H groups in total. The number of amides is 2. The molecule has 2 heterocycles. The quantitative estimate of drug-likeness (QED) is 0.659. The van der Waals surface area contributed by atoms with Crippen molar-refractivity contribution in [3.05, 3.63) is 59.0 Å². The zero-order chi connectivity index (χ0) is 18.5. The summed E-state index contributed by atoms with van der Waals surface area (Å²) in [5.41, 5.74) is 2.36. The van der Waals surface area contributed by atoms with Crippen molar-refractivity contribution in [1.82, 2.24) is 19.9 Å². The SMILES string of the molecule is CSCC[C@H](NC(=O)Nc1ccc(C)c(Cl)c1)c1nnc2ccccn12. The van der Waals surface area contributed by atoms with Gasteiger partial charge in [-0.25, -0.2) is 4.79 Å². The summed E-state index contributed by atoms with van der Waals surface area (Å²) in [7, 11) is 0. The molecule has 3 aromatic rings. The van der Waals surface area contributed by atoms with Crippen molar-refractivity contribution in [1.29, 1.82) is 0 Å². The first-order valence-electron chi connectivity index (χ1n) is 8.20. The molecule has 0 fully saturated rings. The fourth-order valence-corrected chi connectivity index (χ4v) is 3.25. The number of urea groups is 1. The minimum Gasteiger partial charge on any atom is -0.328 e. The van der Waals surface area contributed by atoms with Gasteiger partial charge in [0.2, 0.25) is 0 Å². The third-order valence-electron chi connectivity index (χ3n) is 4.00. The number of nitrogens with one attached hydrogen (secondary N) is 2. The van der Waals surface area contributed by atoms with E-state index >= 15 is 0 Å². The molecule has 1 atom stereocenters. The van der Waals surface area contributed by atoms with Gasteiger partial charge in [0.15, 0.2) is 11.5 Å². The van der Waals surface area contributed by atoms with Gasteiger partial charge in [-0.15, -0.1) is 10.2 Å². The van der Waals surface area contributed by atoms with E-state index in [0.717, 1.165) is 23.4 Å². The molecule has 3 rings (SSSR count). The monoisotopic (exact) mass is 389 g/mol. The van der Waals surface area contributed by atoms with Crippen molar-refractivity contribution < 1.29 is 4.79 Å². The second-order valence-electron chi connectivity index (χ2n) is 5.88. The Balaban J connectivity index is 1.77. The minimum atomic E-state index is -0.302. The Kier molecular flexibility index (Phi) is 6.00. The van der Waals surface area contributed by atoms with Crippen LogP contribution in [0.4, 0.5) is 10.5 Å². The van der Waals surface area contributed by atoms with Gasteiger partial charge in [0.25, 0.3) is 0 Å². The van der Waals surface area contributed by atoms with Gasteiger partial charge in [-0.3, -0.25) is 4.40 Å². The molecular weight excluding hydrogens is 370 g/mol. The van der Waals surface area contributed by atoms with Crippen molar-refractivity contribution in [3.8, 4) is 0 Å². The maximum Gasteiger partial charge on any atom is 0.319 e. The summed E-state index contributed by atoms with van der Waals surface area (Å²) < 4.78 is 1.90. The lowest BCUT2D eigenvalue weighted by Crippen LogP contribution is -2.34. The number of rotatable bonds is 6. The second-order valence-corrected chi connectivity index (χ2v) is 7.28. The maximum atomic E-state index is 12.5. The Bertz CT molecular complexity index is 913. The predicted molar refractivity (Wildman–Crippen MR) is 107 cm³/mol. The van der Waals surface area contributed by atoms with Gasteiger partial charge >= 0.3 is 6.03 Å². The predicted octanol–water partition coefficient (Wildman–Crippen LogP) is 4.31. The number of carbonyl (C=O) groups is 1. The van der Waals surface area contributed by atoms with E-state index < -0.39 is 0 Å². The Hall–Kier alpha value is -2.25. The van der Waals surface area contributed by atoms with Crippen LogP contribution in [0.5, 0.6) is 0 Å². The third kappa shape index (κ3) is 4.28. The summed E-state index contributed by atoms with van der Waals surface area (Å²) in [6.45, 7) is 1.92. The highest BCUT2D eigenvalue weighted by atomic mass is 35.5. The number of aromatic nitrogens is 3. The lowest BCUT2D eigenvalue weighted by Gasteiger charge is -2.17. The number of anilines is 1. The summed E-state index contributed by atoms with van der Waals surface area (Å²) in [5, 5.41) is 14.9. The number of hydrogen-bond donors (Lipinski definition) is 2. The molecule has 0 spiro atoms. The zero-order valence-corrected chi connectivity index (χ0v) is 16.1. The number of hydrogen-bond acceptors (Lipinski definition) is 4. The number of nitrogens with zero attached hydrogens (tertiary/aromatic N) is 3. The third-order valence-corrected chi connectivity index (χ3v) is 5.05. The molecule has 0 saturated heterocycles. The topological polar surface area (TPSA) is 71.3 Å². The zero-order valence-electron chi connectivity index (χ0n) is 14.6. The van der Waals surface area contributed by atoms with Crippen molar-refractivity contribution in [2.24, 2.45) is 0 Å². The molecule has 8 heteroatoms. The molecule has 2 amide bonds. The van der Waals surface area contributed by atoms with Gasteiger partial charge in [0.1, 0.15) is 0 Å². The second kappa shape index (κ2) is 8.42. The lowest BCUT2D eigenvalue weighted by molar-refractivity contribution is 0.247. The van der Waals surface area contributed by atoms with Gasteiger partial charge in [-0.05, 0) is 55.2 Å². The van der Waals surface area contributed by atoms with E-state index in [1.54, 1.807) is 17.8 Å². The first-order valence-corrected chi connectivity index (χ1v) is 9.98. The highest BCUT2D eigenvalue weighted by Crippen LogP contribution is 2.21. The van der Waals surface area contributed by atoms with Crippen molar-refractivity contribution in [2.75, 3.05) is 17.3 Å². The van der Waals surface area contributed by atoms with Crippen LogP contribution < -0.4 is 10.6 Å². The van der Waals surface area contributed by atoms with Crippen LogP contribution in [0, 0.1) is 6.92 Å². The van der Waals surface area contributed by atoms with E-state index in [1.807, 2.05) is 54.1 Å². The summed E-state index contributed by atoms with van der Waals surface area (Å²) in [6.07, 6.45) is 4.68. The standard InChI is InChI=1S/C18H20ClN5OS/c1-12-6-7-13(11-14(12)19)20-18(25)21-15(8-10-26-2)17-23-22-16-5-3-4-9-24(16)17/h3-7,9,11,15H,8,10H2,1-2H3,(H2,20,21,25)/t15-/m0/s1. The largest absolute Gasteiger partial charge is 0.328 e. The lowest BCUT2D eigenvalue weighted by atomic mass is 10.2. The first-order chi connectivity index (χ1) is 12.6. The van der Waals surface area contributed by atoms with E-state index in [-0.39, 0.29) is 12.1 Å². The van der Waals surface area contributed by atoms with Crippen molar-refractivity contribution in [2.45, 2.75) is 19.4 Å². The molecule has 1 aromatic carbocycles. The van der Waals surface area contributed by atoms with Crippen molar-refractivity contribution >= 4 is 40.7 Å². The fraction of sp³-hybridized carbons (Fsp3) is 0.278. The maximum absolute atomic E-state index is 12.5. The number of carbonyl (C=O) groups excluding carboxylic acids is 1. The molecule has 136 valence electrons. The normalized spacial score (nSPS) is 12.1. The number of aryl methyl sites for hydroxylation is 1. The van der Waals surface area contributed by atoms with Crippen molar-refractivity contribution in [3.63, 3.8) is 0 Å². The average Bonchev–Trinajstić information content (AvgIpc) is 3.06. The summed E-state index contributed by atoms with van der Waals surface area (Å²) in [6, 6.07) is 10.6. The summed E-state index contributed by atoms with van der Waals surface area (Å²) in [4.78, 5) is 12.5. The van der Waals surface area contributed by atoms with Crippen LogP contribution >= 0.6 is 23.4 Å². The molecular formula is C18H20ClN5OS. The Morgan fingerprint density at radius 3 is 2.92 bits per heavy atom. The molecule has 0 aliphatic rings. The van der Waals surface area contributed by atoms with E-state index in [0.29, 0.717) is 16.5 Å². The fourth-order valence-electron chi connectivity index (χ4n) is 2.60. The van der Waals surface area contributed by atoms with Crippen LogP contribution in [0.15, 0.2) is 42.6 Å². The van der Waals surface area contributed by atoms with Crippen LogP contribution in [0.2, 0.25) is 5.02 Å². The van der Waals surface area contributed by atoms with Gasteiger partial charge in [0.05, 0.1) is 6.04 Å². The van der Waals surface area contributed by atoms with Gasteiger partial charge in [0, 0.05) is 16.9 Å². The first kappa shape index (κ1) is 18.5. The smallest absolute Gasteiger partial charge is 0.319 e. The number of halogens is 1. The molecule has 0 radical (unpaired) electrons. The van der Waals surface area contributed by atoms with Crippen LogP contribution in [-0.4, -0.2) is 32.6 Å². The molecule has 0 saturated carbocycles. The van der Waals surface area contributed by atoms with E-state index in [1.165, 1.54) is 0 Å². The van der Waals surface area contributed by atoms with Crippen LogP contribution in [-0.2, 0) is 0 Å². The molecule has 0 unspecified atom stereocenters.